The van der Waals surface area contributed by atoms with E-state index in [1.807, 2.05) is 27.7 Å². The van der Waals surface area contributed by atoms with E-state index >= 15 is 4.79 Å². The van der Waals surface area contributed by atoms with Crippen LogP contribution in [0.25, 0.3) is 0 Å². The summed E-state index contributed by atoms with van der Waals surface area (Å²) in [5.74, 6) is -3.12. The van der Waals surface area contributed by atoms with Crippen LogP contribution in [0.2, 0.25) is 0 Å². The van der Waals surface area contributed by atoms with Crippen molar-refractivity contribution in [2.75, 3.05) is 13.2 Å². The average Bonchev–Trinajstić information content (AvgIpc) is 3.40. The molecule has 1 aromatic rings. The maximum Gasteiger partial charge on any atom is 0.201 e. The molecule has 4 spiro atoms. The van der Waals surface area contributed by atoms with Gasteiger partial charge in [0.2, 0.25) is 5.79 Å². The van der Waals surface area contributed by atoms with Gasteiger partial charge in [-0.25, -0.2) is 0 Å². The highest BCUT2D eigenvalue weighted by Gasteiger charge is 2.90. The Kier molecular flexibility index (Phi) is 8.46. The molecule has 5 saturated carbocycles. The van der Waals surface area contributed by atoms with E-state index in [1.54, 1.807) is 6.92 Å². The van der Waals surface area contributed by atoms with Gasteiger partial charge in [-0.05, 0) is 120 Å². The molecule has 0 radical (unpaired) electrons. The van der Waals surface area contributed by atoms with Crippen molar-refractivity contribution in [3.63, 3.8) is 0 Å². The summed E-state index contributed by atoms with van der Waals surface area (Å²) < 4.78 is 33.1. The van der Waals surface area contributed by atoms with E-state index < -0.39 is 86.2 Å². The number of aliphatic hydroxyl groups is 6. The number of Topliss-reactive ketones (excluding diaryl/α,β-unsaturated/α-hetero) is 1. The van der Waals surface area contributed by atoms with E-state index in [9.17, 15) is 30.6 Å². The number of aromatic nitrogens is 2. The minimum atomic E-state index is -1.52. The van der Waals surface area contributed by atoms with Gasteiger partial charge in [-0.3, -0.25) is 14.8 Å². The Morgan fingerprint density at radius 1 is 0.750 bits per heavy atom. The van der Waals surface area contributed by atoms with Crippen molar-refractivity contribution < 1.29 is 59.1 Å². The first-order chi connectivity index (χ1) is 31.9. The van der Waals surface area contributed by atoms with Crippen LogP contribution in [0.4, 0.5) is 0 Å². The van der Waals surface area contributed by atoms with Gasteiger partial charge in [-0.2, -0.15) is 0 Å². The van der Waals surface area contributed by atoms with Crippen molar-refractivity contribution in [1.82, 2.24) is 9.97 Å². The first kappa shape index (κ1) is 44.7. The van der Waals surface area contributed by atoms with E-state index in [0.29, 0.717) is 38.0 Å². The number of carbonyl (C=O) groups is 1. The third-order valence-corrected chi connectivity index (χ3v) is 24.0. The maximum atomic E-state index is 15.2. The Bertz CT molecular complexity index is 2490. The molecule has 13 aliphatic rings. The van der Waals surface area contributed by atoms with Crippen LogP contribution in [-0.2, 0) is 54.2 Å². The number of fused-ring (bicyclic) bond motifs is 12. The van der Waals surface area contributed by atoms with Gasteiger partial charge in [0.25, 0.3) is 0 Å². The summed E-state index contributed by atoms with van der Waals surface area (Å²) >= 11 is 0. The van der Waals surface area contributed by atoms with Crippen molar-refractivity contribution in [1.29, 1.82) is 0 Å². The number of hydrogen-bond acceptors (Lipinski definition) is 14. The fourth-order valence-corrected chi connectivity index (χ4v) is 20.4. The molecule has 5 aliphatic heterocycles. The van der Waals surface area contributed by atoms with E-state index in [4.69, 9.17) is 33.7 Å². The number of carbonyl (C=O) groups excluding carboxylic acids is 1. The lowest BCUT2D eigenvalue weighted by atomic mass is 9.41. The molecule has 0 aromatic carbocycles. The maximum absolute atomic E-state index is 15.2. The topological polar surface area (TPSA) is 214 Å². The second kappa shape index (κ2) is 12.9. The molecule has 0 bridgehead atoms. The lowest BCUT2D eigenvalue weighted by Gasteiger charge is -2.65. The fraction of sp³-hybridized carbons (Fsp3) is 0.870. The molecule has 14 nitrogen and oxygen atoms in total. The van der Waals surface area contributed by atoms with Gasteiger partial charge in [0, 0.05) is 47.8 Å². The van der Waals surface area contributed by atoms with Crippen LogP contribution < -0.4 is 0 Å². The number of epoxide rings is 1. The molecule has 10 fully saturated rings. The second-order valence-electron chi connectivity index (χ2n) is 26.9. The van der Waals surface area contributed by atoms with Crippen LogP contribution in [-0.4, -0.2) is 130 Å². The molecule has 14 heteroatoms. The van der Waals surface area contributed by atoms with E-state index in [2.05, 4.69) is 26.8 Å². The SMILES string of the molecule is CC1[C@@H]2C[C@@H]3O[C@@]34[C@H]3CCC5Cc6nc7c(nc6C[C@@]5(C)C3(O)CC(=O)[C@@]24CO[C@]12OC(C)(C)CC2O)CC1CC[C@@H]2C3=C[C@H]4O[C@@]5(O[C@@](C)(CO)CC5O)C(C)[C@@]4(O)[C@]3(C)[C@@H](O)CC2[C@]1(C)C7. The van der Waals surface area contributed by atoms with Gasteiger partial charge in [-0.15, -0.1) is 0 Å². The van der Waals surface area contributed by atoms with E-state index in [-0.39, 0.29) is 78.9 Å². The third-order valence-electron chi connectivity index (χ3n) is 24.0. The molecule has 68 heavy (non-hydrogen) atoms. The fourth-order valence-electron chi connectivity index (χ4n) is 20.4. The molecule has 5 saturated heterocycles. The number of aliphatic hydroxyl groups excluding tert-OH is 4. The van der Waals surface area contributed by atoms with Crippen LogP contribution in [0, 0.1) is 69.0 Å². The molecule has 0 amide bonds. The molecule has 23 atom stereocenters. The normalized spacial score (nSPS) is 60.4. The van der Waals surface area contributed by atoms with Crippen molar-refractivity contribution in [3.05, 3.63) is 34.4 Å². The Balaban J connectivity index is 0.745. The molecule has 6 heterocycles. The first-order valence-electron chi connectivity index (χ1n) is 26.5. The predicted molar refractivity (Wildman–Crippen MR) is 241 cm³/mol. The molecule has 14 rings (SSSR count). The zero-order valence-electron chi connectivity index (χ0n) is 41.2. The van der Waals surface area contributed by atoms with Gasteiger partial charge in [-0.1, -0.05) is 46.3 Å². The Hall–Kier alpha value is -1.95. The van der Waals surface area contributed by atoms with E-state index in [0.717, 1.165) is 66.9 Å². The summed E-state index contributed by atoms with van der Waals surface area (Å²) in [5, 5.41) is 71.8. The highest BCUT2D eigenvalue weighted by atomic mass is 16.7. The molecular formula is C54H74N2O12. The smallest absolute Gasteiger partial charge is 0.201 e. The zero-order chi connectivity index (χ0) is 47.7. The minimum Gasteiger partial charge on any atom is -0.393 e. The Labute approximate surface area is 399 Å². The van der Waals surface area contributed by atoms with Crippen LogP contribution in [0.5, 0.6) is 0 Å². The minimum absolute atomic E-state index is 0.0332. The highest BCUT2D eigenvalue weighted by molar-refractivity contribution is 5.91. The largest absolute Gasteiger partial charge is 0.393 e. The summed E-state index contributed by atoms with van der Waals surface area (Å²) in [6.45, 7) is 16.1. The Morgan fingerprint density at radius 2 is 1.44 bits per heavy atom. The lowest BCUT2D eigenvalue weighted by Crippen LogP contribution is -2.75. The van der Waals surface area contributed by atoms with Crippen molar-refractivity contribution >= 4 is 5.78 Å². The van der Waals surface area contributed by atoms with Crippen LogP contribution in [0.1, 0.15) is 136 Å². The zero-order valence-corrected chi connectivity index (χ0v) is 41.2. The predicted octanol–water partition coefficient (Wildman–Crippen LogP) is 3.83. The van der Waals surface area contributed by atoms with Gasteiger partial charge >= 0.3 is 0 Å². The molecule has 372 valence electrons. The second-order valence-corrected chi connectivity index (χ2v) is 26.9. The standard InChI is InChI=1S/C54H74N2O12/c1-25-30-16-43-52(65-43)37-12-10-28-14-34-36(19-47(28,7)50(37,62)22-39(59)49(30,52)24-64-53(25)40(60)20-44(3,4)67-53)56-33-13-27-9-11-29-31(46(27,6)18-35(33)55-34)15-38(58)48(8)32(29)17-42-51(48,63)26(2)54(66-42)41(61)21-45(5,23-57)68-54/h17,25-31,37-38,40-43,57-58,60-63H,9-16,18-24H2,1-8H3/t25?,26?,27?,28?,29-,30-,31?,37-,38-,40?,41?,42+,43-,45+,46+,47+,48-,49+,50?,51-,52-,53-,54+/m0/s1. The first-order valence-corrected chi connectivity index (χ1v) is 26.5. The van der Waals surface area contributed by atoms with Crippen molar-refractivity contribution in [3.8, 4) is 0 Å². The lowest BCUT2D eigenvalue weighted by molar-refractivity contribution is -0.351. The van der Waals surface area contributed by atoms with Crippen molar-refractivity contribution in [2.24, 2.45) is 69.0 Å². The molecule has 8 aliphatic carbocycles. The van der Waals surface area contributed by atoms with Gasteiger partial charge < -0.3 is 54.3 Å². The van der Waals surface area contributed by atoms with Crippen LogP contribution in [0.15, 0.2) is 11.6 Å². The third kappa shape index (κ3) is 4.65. The highest BCUT2D eigenvalue weighted by Crippen LogP contribution is 2.79. The number of hydrogen-bond donors (Lipinski definition) is 6. The van der Waals surface area contributed by atoms with E-state index in [1.165, 1.54) is 0 Å². The van der Waals surface area contributed by atoms with Crippen LogP contribution >= 0.6 is 0 Å². The van der Waals surface area contributed by atoms with Gasteiger partial charge in [0.1, 0.15) is 35.3 Å². The van der Waals surface area contributed by atoms with Crippen molar-refractivity contribution in [2.45, 2.75) is 209 Å². The summed E-state index contributed by atoms with van der Waals surface area (Å²) in [6.07, 6.45) is 6.70. The summed E-state index contributed by atoms with van der Waals surface area (Å²) in [5.41, 5.74) is -2.74. The molecular weight excluding hydrogens is 869 g/mol. The Morgan fingerprint density at radius 3 is 2.13 bits per heavy atom. The average molecular weight is 943 g/mol. The summed E-state index contributed by atoms with van der Waals surface area (Å²) in [7, 11) is 0. The number of ether oxygens (including phenoxy) is 5. The molecule has 6 N–H and O–H groups in total. The summed E-state index contributed by atoms with van der Waals surface area (Å²) in [4.78, 5) is 26.2. The van der Waals surface area contributed by atoms with Crippen LogP contribution in [0.3, 0.4) is 0 Å². The number of nitrogens with zero attached hydrogens (tertiary/aromatic N) is 2. The monoisotopic (exact) mass is 943 g/mol. The molecule has 8 unspecified atom stereocenters. The van der Waals surface area contributed by atoms with Gasteiger partial charge in [0.05, 0.1) is 70.4 Å². The summed E-state index contributed by atoms with van der Waals surface area (Å²) in [6, 6.07) is 0. The van der Waals surface area contributed by atoms with Gasteiger partial charge in [0.15, 0.2) is 5.79 Å². The number of ketones is 1. The number of rotatable bonds is 1. The quantitative estimate of drug-likeness (QED) is 0.175. The molecule has 1 aromatic heterocycles.